The summed E-state index contributed by atoms with van der Waals surface area (Å²) in [6.07, 6.45) is 0.502. The van der Waals surface area contributed by atoms with E-state index in [1.54, 1.807) is 17.9 Å². The molecule has 1 amide bonds. The van der Waals surface area contributed by atoms with Gasteiger partial charge in [-0.2, -0.15) is 12.6 Å². The summed E-state index contributed by atoms with van der Waals surface area (Å²) >= 11 is 5.53. The van der Waals surface area contributed by atoms with Gasteiger partial charge in [-0.15, -0.1) is 11.3 Å². The zero-order valence-electron chi connectivity index (χ0n) is 10.1. The van der Waals surface area contributed by atoms with Gasteiger partial charge in [0.2, 0.25) is 5.91 Å². The van der Waals surface area contributed by atoms with Gasteiger partial charge in [0.25, 0.3) is 0 Å². The number of hydrogen-bond acceptors (Lipinski definition) is 5. The van der Waals surface area contributed by atoms with Crippen molar-refractivity contribution in [3.63, 3.8) is 0 Å². The minimum atomic E-state index is -0.357. The Hall–Kier alpha value is -1.01. The predicted molar refractivity (Wildman–Crippen MR) is 74.6 cm³/mol. The van der Waals surface area contributed by atoms with Crippen LogP contribution in [0.2, 0.25) is 0 Å². The van der Waals surface area contributed by atoms with Gasteiger partial charge >= 0.3 is 5.97 Å². The van der Waals surface area contributed by atoms with Crippen LogP contribution in [0.5, 0.6) is 0 Å². The Morgan fingerprint density at radius 3 is 3.06 bits per heavy atom. The van der Waals surface area contributed by atoms with Crippen LogP contribution in [-0.4, -0.2) is 30.8 Å². The van der Waals surface area contributed by atoms with Crippen molar-refractivity contribution in [2.24, 2.45) is 5.92 Å². The Morgan fingerprint density at radius 2 is 2.44 bits per heavy atom. The number of ether oxygens (including phenoxy) is 1. The number of carbonyl (C=O) groups is 2. The smallest absolute Gasteiger partial charge is 0.350 e. The summed E-state index contributed by atoms with van der Waals surface area (Å²) in [6.45, 7) is 2.73. The van der Waals surface area contributed by atoms with E-state index in [0.717, 1.165) is 0 Å². The average Bonchev–Trinajstić information content (AvgIpc) is 2.94. The molecule has 0 bridgehead atoms. The fourth-order valence-corrected chi connectivity index (χ4v) is 3.03. The summed E-state index contributed by atoms with van der Waals surface area (Å²) in [7, 11) is 0. The summed E-state index contributed by atoms with van der Waals surface area (Å²) in [5, 5.41) is 1.81. The Bertz CT molecular complexity index is 458. The van der Waals surface area contributed by atoms with E-state index in [0.29, 0.717) is 35.9 Å². The lowest BCUT2D eigenvalue weighted by Gasteiger charge is -2.16. The quantitative estimate of drug-likeness (QED) is 0.681. The Morgan fingerprint density at radius 1 is 1.67 bits per heavy atom. The lowest BCUT2D eigenvalue weighted by Crippen LogP contribution is -2.26. The van der Waals surface area contributed by atoms with Gasteiger partial charge in [0.15, 0.2) is 0 Å². The highest BCUT2D eigenvalue weighted by atomic mass is 32.1. The number of esters is 1. The largest absolute Gasteiger partial charge is 0.462 e. The summed E-state index contributed by atoms with van der Waals surface area (Å²) < 4.78 is 4.99. The molecule has 1 saturated heterocycles. The van der Waals surface area contributed by atoms with Crippen molar-refractivity contribution < 1.29 is 14.3 Å². The third-order valence-corrected chi connectivity index (χ3v) is 4.26. The van der Waals surface area contributed by atoms with E-state index >= 15 is 0 Å². The lowest BCUT2D eigenvalue weighted by molar-refractivity contribution is -0.117. The summed E-state index contributed by atoms with van der Waals surface area (Å²) in [5.74, 6) is 0.639. The van der Waals surface area contributed by atoms with Crippen LogP contribution in [0, 0.1) is 5.92 Å². The van der Waals surface area contributed by atoms with Crippen molar-refractivity contribution in [1.82, 2.24) is 0 Å². The number of amides is 1. The molecule has 1 unspecified atom stereocenters. The number of carbonyl (C=O) groups excluding carboxylic acids is 2. The number of thiophene rings is 1. The molecule has 18 heavy (non-hydrogen) atoms. The molecule has 0 N–H and O–H groups in total. The first-order valence-corrected chi connectivity index (χ1v) is 7.34. The van der Waals surface area contributed by atoms with Crippen LogP contribution in [0.1, 0.15) is 23.0 Å². The molecule has 0 aromatic carbocycles. The van der Waals surface area contributed by atoms with E-state index < -0.39 is 0 Å². The highest BCUT2D eigenvalue weighted by molar-refractivity contribution is 7.80. The zero-order chi connectivity index (χ0) is 13.1. The fourth-order valence-electron chi connectivity index (χ4n) is 2.00. The monoisotopic (exact) mass is 285 g/mol. The van der Waals surface area contributed by atoms with Crippen molar-refractivity contribution in [3.05, 3.63) is 16.3 Å². The maximum atomic E-state index is 11.9. The van der Waals surface area contributed by atoms with Crippen LogP contribution < -0.4 is 4.90 Å². The molecule has 1 aliphatic rings. The first-order chi connectivity index (χ1) is 8.67. The fraction of sp³-hybridized carbons (Fsp3) is 0.500. The first kappa shape index (κ1) is 13.4. The standard InChI is InChI=1S/C12H15NO3S2/c1-2-16-12(15)11-9(3-4-18-11)13-6-8(7-17)5-10(13)14/h3-4,8,17H,2,5-7H2,1H3. The molecule has 1 atom stereocenters. The number of rotatable bonds is 4. The number of nitrogens with zero attached hydrogens (tertiary/aromatic N) is 1. The second kappa shape index (κ2) is 5.75. The normalized spacial score (nSPS) is 19.3. The van der Waals surface area contributed by atoms with Crippen LogP contribution in [0.4, 0.5) is 5.69 Å². The van der Waals surface area contributed by atoms with E-state index in [-0.39, 0.29) is 17.8 Å². The third-order valence-electron chi connectivity index (χ3n) is 2.86. The molecule has 1 fully saturated rings. The van der Waals surface area contributed by atoms with Crippen LogP contribution >= 0.6 is 24.0 Å². The van der Waals surface area contributed by atoms with E-state index in [4.69, 9.17) is 4.74 Å². The van der Waals surface area contributed by atoms with Crippen molar-refractivity contribution in [3.8, 4) is 0 Å². The van der Waals surface area contributed by atoms with E-state index in [1.165, 1.54) is 11.3 Å². The van der Waals surface area contributed by atoms with E-state index in [1.807, 2.05) is 5.38 Å². The highest BCUT2D eigenvalue weighted by Crippen LogP contribution is 2.32. The molecule has 98 valence electrons. The molecule has 1 aromatic rings. The Kier molecular flexibility index (Phi) is 4.29. The molecule has 2 rings (SSSR count). The molecule has 0 spiro atoms. The first-order valence-electron chi connectivity index (χ1n) is 5.83. The summed E-state index contributed by atoms with van der Waals surface area (Å²) in [5.41, 5.74) is 0.674. The molecule has 1 aromatic heterocycles. The maximum absolute atomic E-state index is 11.9. The minimum absolute atomic E-state index is 0.0537. The van der Waals surface area contributed by atoms with Crippen molar-refractivity contribution >= 4 is 41.5 Å². The molecule has 6 heteroatoms. The summed E-state index contributed by atoms with van der Waals surface area (Å²) in [4.78, 5) is 25.9. The molecule has 2 heterocycles. The molecule has 0 radical (unpaired) electrons. The molecule has 0 saturated carbocycles. The third kappa shape index (κ3) is 2.54. The van der Waals surface area contributed by atoms with Gasteiger partial charge in [0.05, 0.1) is 12.3 Å². The van der Waals surface area contributed by atoms with Crippen LogP contribution in [-0.2, 0) is 9.53 Å². The second-order valence-corrected chi connectivity index (χ2v) is 5.39. The van der Waals surface area contributed by atoms with Crippen molar-refractivity contribution in [2.75, 3.05) is 23.8 Å². The van der Waals surface area contributed by atoms with Gasteiger partial charge in [0.1, 0.15) is 4.88 Å². The number of hydrogen-bond donors (Lipinski definition) is 1. The molecule has 0 aliphatic carbocycles. The van der Waals surface area contributed by atoms with Gasteiger partial charge in [-0.25, -0.2) is 4.79 Å². The molecular weight excluding hydrogens is 270 g/mol. The lowest BCUT2D eigenvalue weighted by atomic mass is 10.1. The molecule has 4 nitrogen and oxygen atoms in total. The average molecular weight is 285 g/mol. The van der Waals surface area contributed by atoms with Crippen LogP contribution in [0.3, 0.4) is 0 Å². The number of anilines is 1. The second-order valence-electron chi connectivity index (χ2n) is 4.11. The minimum Gasteiger partial charge on any atom is -0.462 e. The van der Waals surface area contributed by atoms with Gasteiger partial charge in [-0.1, -0.05) is 0 Å². The molecular formula is C12H15NO3S2. The summed E-state index contributed by atoms with van der Waals surface area (Å²) in [6, 6.07) is 1.80. The zero-order valence-corrected chi connectivity index (χ0v) is 11.8. The van der Waals surface area contributed by atoms with Gasteiger partial charge in [-0.05, 0) is 30.0 Å². The van der Waals surface area contributed by atoms with Crippen molar-refractivity contribution in [1.29, 1.82) is 0 Å². The van der Waals surface area contributed by atoms with Crippen LogP contribution in [0.25, 0.3) is 0 Å². The van der Waals surface area contributed by atoms with E-state index in [9.17, 15) is 9.59 Å². The topological polar surface area (TPSA) is 46.6 Å². The number of thiol groups is 1. The SMILES string of the molecule is CCOC(=O)c1sccc1N1CC(CS)CC1=O. The maximum Gasteiger partial charge on any atom is 0.350 e. The predicted octanol–water partition coefficient (Wildman–Crippen LogP) is 2.21. The van der Waals surface area contributed by atoms with Gasteiger partial charge in [-0.3, -0.25) is 4.79 Å². The van der Waals surface area contributed by atoms with Crippen molar-refractivity contribution in [2.45, 2.75) is 13.3 Å². The van der Waals surface area contributed by atoms with Crippen LogP contribution in [0.15, 0.2) is 11.4 Å². The van der Waals surface area contributed by atoms with Gasteiger partial charge < -0.3 is 9.64 Å². The van der Waals surface area contributed by atoms with E-state index in [2.05, 4.69) is 12.6 Å². The molecule has 1 aliphatic heterocycles. The Labute approximate surface area is 115 Å². The highest BCUT2D eigenvalue weighted by Gasteiger charge is 2.32. The van der Waals surface area contributed by atoms with Gasteiger partial charge in [0, 0.05) is 13.0 Å². The Balaban J connectivity index is 2.21.